The summed E-state index contributed by atoms with van der Waals surface area (Å²) < 4.78 is 81.5. The molecule has 0 radical (unpaired) electrons. The Bertz CT molecular complexity index is 1290. The van der Waals surface area contributed by atoms with E-state index >= 15 is 0 Å². The van der Waals surface area contributed by atoms with E-state index in [9.17, 15) is 26.0 Å². The molecule has 1 aliphatic carbocycles. The van der Waals surface area contributed by atoms with Crippen LogP contribution < -0.4 is 4.90 Å². The van der Waals surface area contributed by atoms with E-state index in [4.69, 9.17) is 11.6 Å². The molecular weight excluding hydrogens is 458 g/mol. The Morgan fingerprint density at radius 3 is 2.29 bits per heavy atom. The summed E-state index contributed by atoms with van der Waals surface area (Å²) in [5, 5.41) is 4.81. The molecule has 1 saturated carbocycles. The van der Waals surface area contributed by atoms with Crippen molar-refractivity contribution < 1.29 is 26.0 Å². The standard InChI is InChI=1S/C20H16ClF4N3O2S/c1-19(22,23)11-5-7-12(8-6-11)31(29,30)28-16-4-2-3-15(21)17(16)18(26-28)27-9-13-14(10-27)20(13,24)25/h2-8,13-14H,9-10H2,1H3. The normalized spacial score (nSPS) is 22.7. The summed E-state index contributed by atoms with van der Waals surface area (Å²) in [7, 11) is -4.25. The monoisotopic (exact) mass is 473 g/mol. The Labute approximate surface area is 180 Å². The lowest BCUT2D eigenvalue weighted by atomic mass is 10.1. The smallest absolute Gasteiger partial charge is 0.283 e. The number of anilines is 1. The van der Waals surface area contributed by atoms with Gasteiger partial charge in [-0.1, -0.05) is 29.8 Å². The third kappa shape index (κ3) is 3.02. The van der Waals surface area contributed by atoms with E-state index in [-0.39, 0.29) is 39.9 Å². The quantitative estimate of drug-likeness (QED) is 0.514. The van der Waals surface area contributed by atoms with Gasteiger partial charge in [0.05, 0.1) is 32.7 Å². The number of nitrogens with zero attached hydrogens (tertiary/aromatic N) is 3. The van der Waals surface area contributed by atoms with Gasteiger partial charge in [-0.25, -0.2) is 17.6 Å². The summed E-state index contributed by atoms with van der Waals surface area (Å²) in [6.45, 7) is 0.820. The first kappa shape index (κ1) is 20.6. The summed E-state index contributed by atoms with van der Waals surface area (Å²) in [5.41, 5.74) is -0.141. The second-order valence-electron chi connectivity index (χ2n) is 8.01. The van der Waals surface area contributed by atoms with Crippen molar-refractivity contribution in [3.05, 3.63) is 53.1 Å². The van der Waals surface area contributed by atoms with Gasteiger partial charge in [0.15, 0.2) is 5.82 Å². The van der Waals surface area contributed by atoms with Gasteiger partial charge >= 0.3 is 0 Å². The van der Waals surface area contributed by atoms with Crippen molar-refractivity contribution in [2.75, 3.05) is 18.0 Å². The van der Waals surface area contributed by atoms with Crippen LogP contribution in [0, 0.1) is 11.8 Å². The Balaban J connectivity index is 1.60. The Kier molecular flexibility index (Phi) is 4.21. The highest BCUT2D eigenvalue weighted by molar-refractivity contribution is 7.90. The first-order valence-corrected chi connectivity index (χ1v) is 11.3. The average Bonchev–Trinajstić information content (AvgIpc) is 3.11. The Hall–Kier alpha value is -2.33. The van der Waals surface area contributed by atoms with Crippen LogP contribution in [0.3, 0.4) is 0 Å². The van der Waals surface area contributed by atoms with E-state index in [2.05, 4.69) is 5.10 Å². The van der Waals surface area contributed by atoms with Crippen molar-refractivity contribution in [2.24, 2.45) is 11.8 Å². The van der Waals surface area contributed by atoms with Gasteiger partial charge in [-0.3, -0.25) is 0 Å². The summed E-state index contributed by atoms with van der Waals surface area (Å²) in [5.74, 6) is -7.16. The molecule has 5 rings (SSSR count). The van der Waals surface area contributed by atoms with Crippen LogP contribution in [0.1, 0.15) is 12.5 Å². The van der Waals surface area contributed by atoms with E-state index in [0.29, 0.717) is 5.39 Å². The molecular formula is C20H16ClF4N3O2S. The zero-order valence-corrected chi connectivity index (χ0v) is 17.6. The molecule has 5 nitrogen and oxygen atoms in total. The maximum absolute atomic E-state index is 13.6. The van der Waals surface area contributed by atoms with Crippen LogP contribution >= 0.6 is 11.6 Å². The van der Waals surface area contributed by atoms with Crippen LogP contribution in [-0.4, -0.2) is 36.6 Å². The fourth-order valence-electron chi connectivity index (χ4n) is 4.19. The molecule has 1 aromatic heterocycles. The molecule has 2 aromatic carbocycles. The Morgan fingerprint density at radius 1 is 1.10 bits per heavy atom. The van der Waals surface area contributed by atoms with E-state index in [1.165, 1.54) is 6.07 Å². The maximum atomic E-state index is 13.6. The molecule has 2 fully saturated rings. The molecule has 2 heterocycles. The molecule has 0 amide bonds. The number of piperidine rings is 1. The highest BCUT2D eigenvalue weighted by atomic mass is 35.5. The van der Waals surface area contributed by atoms with E-state index < -0.39 is 33.7 Å². The number of rotatable bonds is 4. The molecule has 0 bridgehead atoms. The molecule has 164 valence electrons. The maximum Gasteiger partial charge on any atom is 0.283 e. The van der Waals surface area contributed by atoms with Gasteiger partial charge in [0.1, 0.15) is 0 Å². The largest absolute Gasteiger partial charge is 0.354 e. The third-order valence-corrected chi connectivity index (χ3v) is 7.91. The van der Waals surface area contributed by atoms with Gasteiger partial charge in [0.25, 0.3) is 21.9 Å². The zero-order chi connectivity index (χ0) is 22.3. The van der Waals surface area contributed by atoms with Crippen LogP contribution in [0.25, 0.3) is 10.9 Å². The minimum Gasteiger partial charge on any atom is -0.354 e. The molecule has 2 aliphatic rings. The average molecular weight is 474 g/mol. The van der Waals surface area contributed by atoms with Crippen molar-refractivity contribution in [2.45, 2.75) is 23.7 Å². The van der Waals surface area contributed by atoms with Crippen molar-refractivity contribution >= 4 is 38.3 Å². The highest BCUT2D eigenvalue weighted by Gasteiger charge is 2.72. The molecule has 1 saturated heterocycles. The van der Waals surface area contributed by atoms with Gasteiger partial charge in [0.2, 0.25) is 0 Å². The lowest BCUT2D eigenvalue weighted by Gasteiger charge is -2.19. The van der Waals surface area contributed by atoms with Crippen LogP contribution in [0.15, 0.2) is 47.4 Å². The summed E-state index contributed by atoms with van der Waals surface area (Å²) >= 11 is 6.32. The molecule has 11 heteroatoms. The summed E-state index contributed by atoms with van der Waals surface area (Å²) in [6.07, 6.45) is 0. The lowest BCUT2D eigenvalue weighted by Crippen LogP contribution is -2.28. The zero-order valence-electron chi connectivity index (χ0n) is 16.1. The lowest BCUT2D eigenvalue weighted by molar-refractivity contribution is 0.0174. The fourth-order valence-corrected chi connectivity index (χ4v) is 5.72. The van der Waals surface area contributed by atoms with Gasteiger partial charge in [0, 0.05) is 25.6 Å². The minimum absolute atomic E-state index is 0.0509. The van der Waals surface area contributed by atoms with Gasteiger partial charge in [-0.2, -0.15) is 12.5 Å². The number of fused-ring (bicyclic) bond motifs is 2. The second-order valence-corrected chi connectivity index (χ2v) is 10.2. The number of halogens is 5. The number of benzene rings is 2. The first-order valence-electron chi connectivity index (χ1n) is 9.46. The van der Waals surface area contributed by atoms with E-state index in [1.54, 1.807) is 17.0 Å². The van der Waals surface area contributed by atoms with E-state index in [1.807, 2.05) is 0 Å². The van der Waals surface area contributed by atoms with E-state index in [0.717, 1.165) is 35.3 Å². The van der Waals surface area contributed by atoms with Gasteiger partial charge in [-0.05, 0) is 24.3 Å². The third-order valence-electron chi connectivity index (χ3n) is 5.99. The van der Waals surface area contributed by atoms with Crippen molar-refractivity contribution in [1.82, 2.24) is 9.19 Å². The second kappa shape index (κ2) is 6.35. The highest BCUT2D eigenvalue weighted by Crippen LogP contribution is 2.60. The molecule has 0 spiro atoms. The Morgan fingerprint density at radius 2 is 1.71 bits per heavy atom. The minimum atomic E-state index is -4.25. The predicted octanol–water partition coefficient (Wildman–Crippen LogP) is 4.74. The molecule has 2 atom stereocenters. The number of aromatic nitrogens is 2. The van der Waals surface area contributed by atoms with Gasteiger partial charge < -0.3 is 4.90 Å². The van der Waals surface area contributed by atoms with Crippen LogP contribution in [0.2, 0.25) is 5.02 Å². The SMILES string of the molecule is CC(F)(F)c1ccc(S(=O)(=O)n2nc(N3CC4C(C3)C4(F)F)c3c(Cl)cccc32)cc1. The first-order chi connectivity index (χ1) is 14.4. The molecule has 0 N–H and O–H groups in total. The van der Waals surface area contributed by atoms with Crippen LogP contribution in [0.4, 0.5) is 23.4 Å². The predicted molar refractivity (Wildman–Crippen MR) is 107 cm³/mol. The number of hydrogen-bond donors (Lipinski definition) is 0. The van der Waals surface area contributed by atoms with Crippen LogP contribution in [0.5, 0.6) is 0 Å². The van der Waals surface area contributed by atoms with Crippen molar-refractivity contribution in [3.8, 4) is 0 Å². The topological polar surface area (TPSA) is 55.2 Å². The number of hydrogen-bond acceptors (Lipinski definition) is 4. The molecule has 31 heavy (non-hydrogen) atoms. The molecule has 1 aliphatic heterocycles. The summed E-state index contributed by atoms with van der Waals surface area (Å²) in [6, 6.07) is 8.89. The fraction of sp³-hybridized carbons (Fsp3) is 0.350. The summed E-state index contributed by atoms with van der Waals surface area (Å²) in [4.78, 5) is 1.39. The number of alkyl halides is 4. The van der Waals surface area contributed by atoms with Crippen molar-refractivity contribution in [3.63, 3.8) is 0 Å². The molecule has 2 unspecified atom stereocenters. The van der Waals surface area contributed by atoms with Crippen LogP contribution in [-0.2, 0) is 15.9 Å². The molecule has 3 aromatic rings. The van der Waals surface area contributed by atoms with Crippen molar-refractivity contribution in [1.29, 1.82) is 0 Å². The van der Waals surface area contributed by atoms with Gasteiger partial charge in [-0.15, -0.1) is 5.10 Å².